The number of hydrogen-bond donors (Lipinski definition) is 1. The maximum Gasteiger partial charge on any atom is 0.340 e. The van der Waals surface area contributed by atoms with E-state index in [1.165, 1.54) is 18.2 Å². The van der Waals surface area contributed by atoms with E-state index in [0.717, 1.165) is 10.0 Å². The van der Waals surface area contributed by atoms with Crippen LogP contribution in [-0.2, 0) is 9.53 Å². The van der Waals surface area contributed by atoms with Crippen LogP contribution in [0.4, 0.5) is 5.69 Å². The fraction of sp³-hybridized carbons (Fsp3) is 0.0952. The summed E-state index contributed by atoms with van der Waals surface area (Å²) in [6, 6.07) is 13.2. The molecule has 0 aliphatic rings. The van der Waals surface area contributed by atoms with Crippen molar-refractivity contribution < 1.29 is 23.5 Å². The van der Waals surface area contributed by atoms with Gasteiger partial charge in [-0.05, 0) is 61.0 Å². The topological polar surface area (TPSA) is 85.6 Å². The SMILES string of the molecule is Cc1cc(Br)ccc1NC(=O)COC(=O)c1cc(-c2ccc(C=O)o2)ccc1Cl. The van der Waals surface area contributed by atoms with E-state index in [1.807, 2.05) is 13.0 Å². The average Bonchev–Trinajstić information content (AvgIpc) is 3.18. The molecule has 0 radical (unpaired) electrons. The van der Waals surface area contributed by atoms with E-state index < -0.39 is 18.5 Å². The first-order valence-corrected chi connectivity index (χ1v) is 9.62. The van der Waals surface area contributed by atoms with Crippen molar-refractivity contribution in [2.75, 3.05) is 11.9 Å². The molecule has 0 unspecified atom stereocenters. The number of carbonyl (C=O) groups excluding carboxylic acids is 3. The highest BCUT2D eigenvalue weighted by Crippen LogP contribution is 2.27. The molecule has 2 aromatic carbocycles. The van der Waals surface area contributed by atoms with Crippen molar-refractivity contribution in [2.24, 2.45) is 0 Å². The van der Waals surface area contributed by atoms with Gasteiger partial charge in [0.2, 0.25) is 0 Å². The molecule has 0 spiro atoms. The highest BCUT2D eigenvalue weighted by molar-refractivity contribution is 9.10. The Hall–Kier alpha value is -2.90. The first-order chi connectivity index (χ1) is 13.9. The number of furan rings is 1. The third kappa shape index (κ3) is 5.13. The molecular weight excluding hydrogens is 462 g/mol. The Morgan fingerprint density at radius 3 is 2.66 bits per heavy atom. The minimum atomic E-state index is -0.748. The number of anilines is 1. The van der Waals surface area contributed by atoms with Crippen LogP contribution >= 0.6 is 27.5 Å². The van der Waals surface area contributed by atoms with Gasteiger partial charge in [0.05, 0.1) is 10.6 Å². The Morgan fingerprint density at radius 2 is 1.97 bits per heavy atom. The lowest BCUT2D eigenvalue weighted by molar-refractivity contribution is -0.119. The molecule has 0 saturated heterocycles. The second-order valence-corrected chi connectivity index (χ2v) is 7.42. The zero-order chi connectivity index (χ0) is 21.0. The van der Waals surface area contributed by atoms with Crippen LogP contribution in [-0.4, -0.2) is 24.8 Å². The maximum atomic E-state index is 12.4. The molecule has 29 heavy (non-hydrogen) atoms. The first kappa shape index (κ1) is 20.8. The van der Waals surface area contributed by atoms with E-state index in [-0.39, 0.29) is 16.3 Å². The number of ether oxygens (including phenoxy) is 1. The molecule has 1 heterocycles. The highest BCUT2D eigenvalue weighted by atomic mass is 79.9. The Morgan fingerprint density at radius 1 is 1.17 bits per heavy atom. The summed E-state index contributed by atoms with van der Waals surface area (Å²) in [4.78, 5) is 35.3. The van der Waals surface area contributed by atoms with E-state index >= 15 is 0 Å². The zero-order valence-electron chi connectivity index (χ0n) is 15.2. The molecule has 0 aliphatic carbocycles. The minimum absolute atomic E-state index is 0.0841. The summed E-state index contributed by atoms with van der Waals surface area (Å²) < 4.78 is 11.3. The van der Waals surface area contributed by atoms with Crippen molar-refractivity contribution >= 4 is 51.4 Å². The van der Waals surface area contributed by atoms with Crippen molar-refractivity contribution in [3.8, 4) is 11.3 Å². The molecule has 8 heteroatoms. The highest BCUT2D eigenvalue weighted by Gasteiger charge is 2.16. The Labute approximate surface area is 179 Å². The van der Waals surface area contributed by atoms with Crippen LogP contribution in [0.2, 0.25) is 5.02 Å². The van der Waals surface area contributed by atoms with Crippen LogP contribution < -0.4 is 5.32 Å². The van der Waals surface area contributed by atoms with E-state index in [2.05, 4.69) is 21.2 Å². The smallest absolute Gasteiger partial charge is 0.340 e. The number of hydrogen-bond acceptors (Lipinski definition) is 5. The van der Waals surface area contributed by atoms with Gasteiger partial charge in [-0.25, -0.2) is 4.79 Å². The van der Waals surface area contributed by atoms with Gasteiger partial charge in [-0.1, -0.05) is 27.5 Å². The summed E-state index contributed by atoms with van der Waals surface area (Å²) in [5, 5.41) is 2.86. The molecule has 148 valence electrons. The molecule has 3 aromatic rings. The number of nitrogens with one attached hydrogen (secondary N) is 1. The molecule has 0 bridgehead atoms. The summed E-state index contributed by atoms with van der Waals surface area (Å²) in [6.45, 7) is 1.38. The first-order valence-electron chi connectivity index (χ1n) is 8.45. The lowest BCUT2D eigenvalue weighted by Crippen LogP contribution is -2.21. The monoisotopic (exact) mass is 475 g/mol. The number of benzene rings is 2. The normalized spacial score (nSPS) is 10.4. The van der Waals surface area contributed by atoms with E-state index in [4.69, 9.17) is 20.8 Å². The van der Waals surface area contributed by atoms with Crippen LogP contribution in [0.5, 0.6) is 0 Å². The molecule has 0 fully saturated rings. The minimum Gasteiger partial charge on any atom is -0.453 e. The van der Waals surface area contributed by atoms with Gasteiger partial charge in [-0.15, -0.1) is 0 Å². The molecule has 1 aromatic heterocycles. The van der Waals surface area contributed by atoms with Gasteiger partial charge in [0.1, 0.15) is 5.76 Å². The number of aryl methyl sites for hydroxylation is 1. The van der Waals surface area contributed by atoms with E-state index in [1.54, 1.807) is 24.3 Å². The number of halogens is 2. The van der Waals surface area contributed by atoms with Crippen LogP contribution in [0, 0.1) is 6.92 Å². The number of rotatable bonds is 6. The Balaban J connectivity index is 1.67. The largest absolute Gasteiger partial charge is 0.453 e. The third-order valence-electron chi connectivity index (χ3n) is 4.01. The van der Waals surface area contributed by atoms with Crippen molar-refractivity contribution in [3.05, 3.63) is 74.9 Å². The molecule has 1 N–H and O–H groups in total. The molecule has 0 aliphatic heterocycles. The van der Waals surface area contributed by atoms with Crippen molar-refractivity contribution in [1.29, 1.82) is 0 Å². The molecule has 0 saturated carbocycles. The van der Waals surface area contributed by atoms with E-state index in [9.17, 15) is 14.4 Å². The lowest BCUT2D eigenvalue weighted by Gasteiger charge is -2.10. The maximum absolute atomic E-state index is 12.4. The predicted molar refractivity (Wildman–Crippen MR) is 112 cm³/mol. The second kappa shape index (κ2) is 9.07. The lowest BCUT2D eigenvalue weighted by atomic mass is 10.1. The summed E-state index contributed by atoms with van der Waals surface area (Å²) in [7, 11) is 0. The summed E-state index contributed by atoms with van der Waals surface area (Å²) >= 11 is 9.45. The molecule has 6 nitrogen and oxygen atoms in total. The third-order valence-corrected chi connectivity index (χ3v) is 4.83. The molecular formula is C21H15BrClNO5. The van der Waals surface area contributed by atoms with Crippen LogP contribution in [0.25, 0.3) is 11.3 Å². The number of esters is 1. The quantitative estimate of drug-likeness (QED) is 0.386. The molecule has 1 amide bonds. The fourth-order valence-corrected chi connectivity index (χ4v) is 3.24. The van der Waals surface area contributed by atoms with Gasteiger partial charge in [0.15, 0.2) is 18.7 Å². The summed E-state index contributed by atoms with van der Waals surface area (Å²) in [5.41, 5.74) is 2.12. The summed E-state index contributed by atoms with van der Waals surface area (Å²) in [5.74, 6) is -0.653. The van der Waals surface area contributed by atoms with Crippen LogP contribution in [0.1, 0.15) is 26.5 Å². The Kier molecular flexibility index (Phi) is 6.51. The van der Waals surface area contributed by atoms with Crippen LogP contribution in [0.15, 0.2) is 57.4 Å². The fourth-order valence-electron chi connectivity index (χ4n) is 2.57. The van der Waals surface area contributed by atoms with Gasteiger partial charge in [0, 0.05) is 15.7 Å². The molecule has 0 atom stereocenters. The standard InChI is InChI=1S/C21H15BrClNO5/c1-12-8-14(22)3-6-18(12)24-20(26)11-28-21(27)16-9-13(2-5-17(16)23)19-7-4-15(10-25)29-19/h2-10H,11H2,1H3,(H,24,26). The van der Waals surface area contributed by atoms with Crippen molar-refractivity contribution in [2.45, 2.75) is 6.92 Å². The van der Waals surface area contributed by atoms with Crippen LogP contribution in [0.3, 0.4) is 0 Å². The summed E-state index contributed by atoms with van der Waals surface area (Å²) in [6.07, 6.45) is 0.584. The van der Waals surface area contributed by atoms with E-state index in [0.29, 0.717) is 23.3 Å². The van der Waals surface area contributed by atoms with Crippen molar-refractivity contribution in [1.82, 2.24) is 0 Å². The molecule has 3 rings (SSSR count). The van der Waals surface area contributed by atoms with Gasteiger partial charge in [0.25, 0.3) is 5.91 Å². The number of aldehydes is 1. The second-order valence-electron chi connectivity index (χ2n) is 6.10. The number of carbonyl (C=O) groups is 3. The predicted octanol–water partition coefficient (Wildman–Crippen LogP) is 5.28. The average molecular weight is 477 g/mol. The van der Waals surface area contributed by atoms with Gasteiger partial charge in [-0.2, -0.15) is 0 Å². The van der Waals surface area contributed by atoms with Gasteiger partial charge >= 0.3 is 5.97 Å². The Bertz CT molecular complexity index is 1090. The van der Waals surface area contributed by atoms with Gasteiger partial charge in [-0.3, -0.25) is 9.59 Å². The van der Waals surface area contributed by atoms with Crippen molar-refractivity contribution in [3.63, 3.8) is 0 Å². The zero-order valence-corrected chi connectivity index (χ0v) is 17.5. The number of amides is 1. The van der Waals surface area contributed by atoms with Gasteiger partial charge < -0.3 is 14.5 Å².